The number of rotatable bonds is 3. The average molecular weight is 399 g/mol. The summed E-state index contributed by atoms with van der Waals surface area (Å²) in [5.41, 5.74) is 2.44. The van der Waals surface area contributed by atoms with Gasteiger partial charge in [-0.25, -0.2) is 13.6 Å². The molecule has 0 radical (unpaired) electrons. The highest BCUT2D eigenvalue weighted by molar-refractivity contribution is 7.15. The highest BCUT2D eigenvalue weighted by Gasteiger charge is 2.35. The number of aryl methyl sites for hydroxylation is 1. The molecule has 0 bridgehead atoms. The molecular formula is C21H15F2NO3S. The van der Waals surface area contributed by atoms with Crippen molar-refractivity contribution < 1.29 is 23.5 Å². The lowest BCUT2D eigenvalue weighted by Crippen LogP contribution is -2.23. The van der Waals surface area contributed by atoms with Gasteiger partial charge in [-0.15, -0.1) is 11.3 Å². The number of fused-ring (bicyclic) bond motifs is 1. The average Bonchev–Trinajstić information content (AvgIpc) is 3.04. The molecule has 3 aromatic rings. The predicted molar refractivity (Wildman–Crippen MR) is 103 cm³/mol. The van der Waals surface area contributed by atoms with Crippen LogP contribution >= 0.6 is 11.3 Å². The number of hydrogen-bond donors (Lipinski definition) is 2. The van der Waals surface area contributed by atoms with E-state index in [4.69, 9.17) is 0 Å². The summed E-state index contributed by atoms with van der Waals surface area (Å²) in [7, 11) is 0. The van der Waals surface area contributed by atoms with Crippen molar-refractivity contribution in [2.75, 3.05) is 5.32 Å². The van der Waals surface area contributed by atoms with E-state index in [1.807, 2.05) is 19.1 Å². The Bertz CT molecular complexity index is 1110. The smallest absolute Gasteiger partial charge is 0.346 e. The lowest BCUT2D eigenvalue weighted by molar-refractivity contribution is -0.116. The van der Waals surface area contributed by atoms with Gasteiger partial charge in [-0.1, -0.05) is 42.0 Å². The van der Waals surface area contributed by atoms with E-state index in [2.05, 4.69) is 5.32 Å². The first kappa shape index (κ1) is 18.3. The Morgan fingerprint density at radius 1 is 1.18 bits per heavy atom. The van der Waals surface area contributed by atoms with Gasteiger partial charge in [-0.05, 0) is 24.1 Å². The van der Waals surface area contributed by atoms with Crippen LogP contribution in [0.4, 0.5) is 14.5 Å². The molecular weight excluding hydrogens is 384 g/mol. The largest absolute Gasteiger partial charge is 0.477 e. The molecule has 1 aliphatic heterocycles. The molecule has 28 heavy (non-hydrogen) atoms. The summed E-state index contributed by atoms with van der Waals surface area (Å²) in [6.07, 6.45) is -0.0831. The fraction of sp³-hybridized carbons (Fsp3) is 0.143. The Balaban J connectivity index is 1.96. The molecule has 0 saturated carbocycles. The summed E-state index contributed by atoms with van der Waals surface area (Å²) >= 11 is 0.985. The van der Waals surface area contributed by atoms with Crippen LogP contribution < -0.4 is 5.32 Å². The van der Waals surface area contributed by atoms with Crippen molar-refractivity contribution in [1.82, 2.24) is 0 Å². The molecule has 1 aromatic heterocycles. The summed E-state index contributed by atoms with van der Waals surface area (Å²) < 4.78 is 28.2. The van der Waals surface area contributed by atoms with E-state index in [1.165, 1.54) is 12.1 Å². The van der Waals surface area contributed by atoms with Crippen LogP contribution in [0.3, 0.4) is 0 Å². The summed E-state index contributed by atoms with van der Waals surface area (Å²) in [6, 6.07) is 11.1. The number of hydrogen-bond acceptors (Lipinski definition) is 3. The minimum Gasteiger partial charge on any atom is -0.477 e. The number of carbonyl (C=O) groups excluding carboxylic acids is 1. The number of carboxylic acids is 1. The van der Waals surface area contributed by atoms with Crippen molar-refractivity contribution in [3.05, 3.63) is 75.0 Å². The number of carbonyl (C=O) groups is 2. The van der Waals surface area contributed by atoms with Crippen LogP contribution in [-0.4, -0.2) is 17.0 Å². The molecule has 4 nitrogen and oxygen atoms in total. The molecule has 0 saturated heterocycles. The molecule has 2 aromatic carbocycles. The zero-order valence-corrected chi connectivity index (χ0v) is 15.6. The summed E-state index contributed by atoms with van der Waals surface area (Å²) in [5, 5.41) is 12.5. The van der Waals surface area contributed by atoms with Crippen molar-refractivity contribution in [3.63, 3.8) is 0 Å². The number of halogens is 2. The monoisotopic (exact) mass is 399 g/mol. The molecule has 0 fully saturated rings. The number of amides is 1. The molecule has 1 atom stereocenters. The number of thiophene rings is 1. The third-order valence-corrected chi connectivity index (χ3v) is 6.09. The van der Waals surface area contributed by atoms with Gasteiger partial charge in [-0.3, -0.25) is 4.79 Å². The number of nitrogens with one attached hydrogen (secondary N) is 1. The number of benzene rings is 2. The standard InChI is InChI=1S/C21H15F2NO3S/c1-10-5-7-11(8-6-10)16-18-19(28-20(16)21(26)27)13(9-15(25)24-18)12-3-2-4-14(22)17(12)23/h2-8,13H,9H2,1H3,(H,24,25)(H,26,27)/t13-/m1/s1. The highest BCUT2D eigenvalue weighted by Crippen LogP contribution is 2.49. The molecule has 7 heteroatoms. The lowest BCUT2D eigenvalue weighted by atomic mass is 9.88. The second-order valence-corrected chi connectivity index (χ2v) is 7.72. The number of carboxylic acid groups (broad SMARTS) is 1. The van der Waals surface area contributed by atoms with Gasteiger partial charge in [-0.2, -0.15) is 0 Å². The summed E-state index contributed by atoms with van der Waals surface area (Å²) in [6.45, 7) is 1.91. The van der Waals surface area contributed by atoms with Crippen LogP contribution in [0, 0.1) is 18.6 Å². The molecule has 0 spiro atoms. The normalized spacial score (nSPS) is 15.8. The van der Waals surface area contributed by atoms with Gasteiger partial charge in [0.15, 0.2) is 11.6 Å². The first-order valence-electron chi connectivity index (χ1n) is 8.57. The van der Waals surface area contributed by atoms with Crippen LogP contribution in [0.2, 0.25) is 0 Å². The van der Waals surface area contributed by atoms with Crippen molar-refractivity contribution in [3.8, 4) is 11.1 Å². The number of aromatic carboxylic acids is 1. The van der Waals surface area contributed by atoms with E-state index in [1.54, 1.807) is 12.1 Å². The van der Waals surface area contributed by atoms with Gasteiger partial charge in [0.25, 0.3) is 0 Å². The molecule has 0 aliphatic carbocycles. The highest BCUT2D eigenvalue weighted by atomic mass is 32.1. The Morgan fingerprint density at radius 3 is 2.57 bits per heavy atom. The predicted octanol–water partition coefficient (Wildman–Crippen LogP) is 5.17. The summed E-state index contributed by atoms with van der Waals surface area (Å²) in [4.78, 5) is 24.8. The number of anilines is 1. The SMILES string of the molecule is Cc1ccc(-c2c(C(=O)O)sc3c2NC(=O)C[C@@H]3c2cccc(F)c2F)cc1. The third kappa shape index (κ3) is 2.97. The van der Waals surface area contributed by atoms with Crippen LogP contribution in [-0.2, 0) is 4.79 Å². The van der Waals surface area contributed by atoms with Gasteiger partial charge >= 0.3 is 5.97 Å². The molecule has 142 valence electrons. The molecule has 0 unspecified atom stereocenters. The first-order chi connectivity index (χ1) is 13.4. The second-order valence-electron chi connectivity index (χ2n) is 6.66. The van der Waals surface area contributed by atoms with E-state index in [0.717, 1.165) is 23.0 Å². The van der Waals surface area contributed by atoms with Crippen molar-refractivity contribution >= 4 is 28.9 Å². The van der Waals surface area contributed by atoms with Crippen molar-refractivity contribution in [1.29, 1.82) is 0 Å². The van der Waals surface area contributed by atoms with Gasteiger partial charge in [0.1, 0.15) is 4.88 Å². The van der Waals surface area contributed by atoms with Gasteiger partial charge in [0.05, 0.1) is 5.69 Å². The quantitative estimate of drug-likeness (QED) is 0.638. The second kappa shape index (κ2) is 6.83. The fourth-order valence-corrected chi connectivity index (χ4v) is 4.71. The van der Waals surface area contributed by atoms with Crippen LogP contribution in [0.15, 0.2) is 42.5 Å². The maximum absolute atomic E-state index is 14.4. The first-order valence-corrected chi connectivity index (χ1v) is 9.39. The topological polar surface area (TPSA) is 66.4 Å². The van der Waals surface area contributed by atoms with Crippen LogP contribution in [0.1, 0.15) is 38.0 Å². The van der Waals surface area contributed by atoms with E-state index < -0.39 is 23.5 Å². The van der Waals surface area contributed by atoms with Crippen LogP contribution in [0.25, 0.3) is 11.1 Å². The molecule has 2 heterocycles. The van der Waals surface area contributed by atoms with E-state index in [0.29, 0.717) is 21.7 Å². The zero-order valence-electron chi connectivity index (χ0n) is 14.8. The molecule has 1 aliphatic rings. The third-order valence-electron chi connectivity index (χ3n) is 4.80. The van der Waals surface area contributed by atoms with Gasteiger partial charge in [0, 0.05) is 22.8 Å². The van der Waals surface area contributed by atoms with Crippen molar-refractivity contribution in [2.24, 2.45) is 0 Å². The fourth-order valence-electron chi connectivity index (χ4n) is 3.47. The minimum absolute atomic E-state index is 0.0461. The summed E-state index contributed by atoms with van der Waals surface area (Å²) in [5.74, 6) is -4.28. The van der Waals surface area contributed by atoms with E-state index >= 15 is 0 Å². The molecule has 1 amide bonds. The lowest BCUT2D eigenvalue weighted by Gasteiger charge is -2.24. The minimum atomic E-state index is -1.14. The maximum atomic E-state index is 14.4. The zero-order chi connectivity index (χ0) is 20.0. The van der Waals surface area contributed by atoms with E-state index in [9.17, 15) is 23.5 Å². The Labute approximate surface area is 163 Å². The Kier molecular flexibility index (Phi) is 4.47. The van der Waals surface area contributed by atoms with Crippen molar-refractivity contribution in [2.45, 2.75) is 19.3 Å². The molecule has 2 N–H and O–H groups in total. The van der Waals surface area contributed by atoms with E-state index in [-0.39, 0.29) is 22.8 Å². The van der Waals surface area contributed by atoms with Gasteiger partial charge < -0.3 is 10.4 Å². The Hall–Kier alpha value is -3.06. The van der Waals surface area contributed by atoms with Crippen LogP contribution in [0.5, 0.6) is 0 Å². The molecule has 4 rings (SSSR count). The maximum Gasteiger partial charge on any atom is 0.346 e. The Morgan fingerprint density at radius 2 is 1.89 bits per heavy atom. The van der Waals surface area contributed by atoms with Gasteiger partial charge in [0.2, 0.25) is 5.91 Å².